The maximum atomic E-state index is 9.58. The van der Waals surface area contributed by atoms with Crippen LogP contribution >= 0.6 is 0 Å². The number of hydrogen-bond acceptors (Lipinski definition) is 2. The number of nitrogens with two attached hydrogens (primary N) is 1. The van der Waals surface area contributed by atoms with Crippen molar-refractivity contribution in [3.63, 3.8) is 0 Å². The molecule has 2 heteroatoms. The molecule has 0 bridgehead atoms. The Morgan fingerprint density at radius 3 is 2.36 bits per heavy atom. The van der Waals surface area contributed by atoms with E-state index in [0.29, 0.717) is 5.69 Å². The second-order valence-electron chi connectivity index (χ2n) is 2.98. The topological polar surface area (TPSA) is 49.8 Å². The summed E-state index contributed by atoms with van der Waals surface area (Å²) in [6, 6.07) is 6.66. The molecule has 0 atom stereocenters. The lowest BCUT2D eigenvalue weighted by Crippen LogP contribution is -2.18. The van der Waals surface area contributed by atoms with Gasteiger partial charge in [-0.1, -0.05) is 24.9 Å². The molecule has 72 valence electrons. The van der Waals surface area contributed by atoms with Crippen molar-refractivity contribution in [3.8, 4) is 6.07 Å². The van der Waals surface area contributed by atoms with Gasteiger partial charge in [0.1, 0.15) is 0 Å². The zero-order chi connectivity index (χ0) is 17.2. The van der Waals surface area contributed by atoms with E-state index in [1.54, 1.807) is 0 Å². The molecule has 0 aliphatic heterocycles. The largest absolute Gasteiger partial charge is 0.399 e. The van der Waals surface area contributed by atoms with Crippen molar-refractivity contribution >= 4 is 5.69 Å². The highest BCUT2D eigenvalue weighted by Crippen LogP contribution is 2.40. The van der Waals surface area contributed by atoms with Gasteiger partial charge in [0.25, 0.3) is 0 Å². The summed E-state index contributed by atoms with van der Waals surface area (Å²) in [4.78, 5) is 0. The predicted molar refractivity (Wildman–Crippen MR) is 56.6 cm³/mol. The second-order valence-corrected chi connectivity index (χ2v) is 2.98. The van der Waals surface area contributed by atoms with Gasteiger partial charge in [-0.05, 0) is 30.4 Å². The molecule has 0 saturated heterocycles. The van der Waals surface area contributed by atoms with Crippen LogP contribution in [0.25, 0.3) is 0 Å². The summed E-state index contributed by atoms with van der Waals surface area (Å²) >= 11 is 0. The summed E-state index contributed by atoms with van der Waals surface area (Å²) in [5.41, 5.74) is 3.04. The number of nitrogen functional groups attached to an aromatic ring is 1. The van der Waals surface area contributed by atoms with E-state index in [1.165, 1.54) is 30.3 Å². The highest BCUT2D eigenvalue weighted by Gasteiger charge is 2.35. The molecule has 2 rings (SSSR count). The maximum absolute atomic E-state index is 9.58. The third-order valence-corrected chi connectivity index (χ3v) is 2.07. The van der Waals surface area contributed by atoms with E-state index in [2.05, 4.69) is 0 Å². The number of nitrogens with zero attached hydrogens (tertiary/aromatic N) is 1. The Morgan fingerprint density at radius 1 is 1.29 bits per heavy atom. The van der Waals surface area contributed by atoms with Crippen LogP contribution in [0.3, 0.4) is 0 Å². The lowest BCUT2D eigenvalue weighted by atomic mass is 9.80. The number of hydrogen-bond donors (Lipinski definition) is 1. The Hall–Kier alpha value is -1.49. The molecule has 0 spiro atoms. The van der Waals surface area contributed by atoms with Crippen LogP contribution in [-0.4, -0.2) is 0 Å². The fourth-order valence-electron chi connectivity index (χ4n) is 1.28. The minimum absolute atomic E-state index is 0.149. The van der Waals surface area contributed by atoms with Crippen molar-refractivity contribution in [3.05, 3.63) is 29.8 Å². The zero-order valence-corrected chi connectivity index (χ0v) is 7.33. The third-order valence-electron chi connectivity index (χ3n) is 2.07. The van der Waals surface area contributed by atoms with Crippen molar-refractivity contribution in [2.75, 3.05) is 5.73 Å². The van der Waals surface area contributed by atoms with E-state index in [0.717, 1.165) is 0 Å². The van der Waals surface area contributed by atoms with Gasteiger partial charge in [-0.2, -0.15) is 5.26 Å². The SMILES string of the molecule is [2H]C1([2H])C([2H])([2H])C([2H])([2H])C(C#N)(c2ccc(N)cc2)C1([2H])[2H]. The quantitative estimate of drug-likeness (QED) is 0.699. The fourth-order valence-corrected chi connectivity index (χ4v) is 1.28. The molecule has 1 fully saturated rings. The lowest BCUT2D eigenvalue weighted by molar-refractivity contribution is 0.573. The molecule has 14 heavy (non-hydrogen) atoms. The van der Waals surface area contributed by atoms with Crippen LogP contribution in [0.2, 0.25) is 0 Å². The van der Waals surface area contributed by atoms with Crippen molar-refractivity contribution in [1.29, 1.82) is 5.26 Å². The van der Waals surface area contributed by atoms with E-state index in [1.807, 2.05) is 0 Å². The van der Waals surface area contributed by atoms with E-state index in [9.17, 15) is 5.26 Å². The van der Waals surface area contributed by atoms with Gasteiger partial charge >= 0.3 is 0 Å². The fraction of sp³-hybridized carbons (Fsp3) is 0.417. The molecule has 0 unspecified atom stereocenters. The normalized spacial score (nSPS) is 41.9. The van der Waals surface area contributed by atoms with Crippen LogP contribution in [0.1, 0.15) is 42.0 Å². The van der Waals surface area contributed by atoms with Gasteiger partial charge in [0, 0.05) is 16.7 Å². The van der Waals surface area contributed by atoms with Gasteiger partial charge in [-0.25, -0.2) is 0 Å². The summed E-state index contributed by atoms with van der Waals surface area (Å²) in [5.74, 6) is 0. The van der Waals surface area contributed by atoms with Gasteiger partial charge in [0.05, 0.1) is 11.5 Å². The van der Waals surface area contributed by atoms with Crippen molar-refractivity contribution in [2.24, 2.45) is 0 Å². The molecule has 1 aliphatic carbocycles. The van der Waals surface area contributed by atoms with Gasteiger partial charge in [0.15, 0.2) is 0 Å². The summed E-state index contributed by atoms with van der Waals surface area (Å²) in [5, 5.41) is 9.58. The molecule has 1 aromatic rings. The summed E-state index contributed by atoms with van der Waals surface area (Å²) in [6.07, 6.45) is -12.6. The molecule has 0 radical (unpaired) electrons. The molecule has 0 amide bonds. The highest BCUT2D eigenvalue weighted by molar-refractivity contribution is 5.44. The average molecular weight is 194 g/mol. The molecule has 0 aromatic heterocycles. The van der Waals surface area contributed by atoms with Gasteiger partial charge in [-0.3, -0.25) is 0 Å². The van der Waals surface area contributed by atoms with Crippen LogP contribution in [0, 0.1) is 11.3 Å². The van der Waals surface area contributed by atoms with E-state index < -0.39 is 30.9 Å². The molecule has 2 nitrogen and oxygen atoms in total. The monoisotopic (exact) mass is 194 g/mol. The minimum atomic E-state index is -3.21. The van der Waals surface area contributed by atoms with Gasteiger partial charge in [-0.15, -0.1) is 0 Å². The smallest absolute Gasteiger partial charge is 0.0822 e. The van der Waals surface area contributed by atoms with E-state index in [-0.39, 0.29) is 5.56 Å². The first-order chi connectivity index (χ1) is 9.81. The number of anilines is 1. The van der Waals surface area contributed by atoms with Crippen molar-refractivity contribution in [2.45, 2.75) is 30.9 Å². The van der Waals surface area contributed by atoms with Crippen LogP contribution in [0.5, 0.6) is 0 Å². The second kappa shape index (κ2) is 3.34. The Balaban J connectivity index is 2.91. The van der Waals surface area contributed by atoms with E-state index in [4.69, 9.17) is 16.7 Å². The van der Waals surface area contributed by atoms with Crippen LogP contribution in [0.15, 0.2) is 24.3 Å². The predicted octanol–water partition coefficient (Wildman–Crippen LogP) is 2.60. The molecule has 1 aliphatic rings. The standard InChI is InChI=1S/C12H14N2/c13-9-12(7-1-2-8-12)10-3-5-11(14)6-4-10/h3-6H,1-2,7-8,14H2/i1D2,2D2,7D2,8D2. The molecule has 2 N–H and O–H groups in total. The number of nitriles is 1. The Kier molecular flexibility index (Phi) is 0.855. The first-order valence-electron chi connectivity index (χ1n) is 8.08. The number of benzene rings is 1. The molecular weight excluding hydrogens is 172 g/mol. The Bertz CT molecular complexity index is 618. The lowest BCUT2D eigenvalue weighted by Gasteiger charge is -2.20. The summed E-state index contributed by atoms with van der Waals surface area (Å²) < 4.78 is 63.4. The maximum Gasteiger partial charge on any atom is 0.0822 e. The van der Waals surface area contributed by atoms with Gasteiger partial charge in [0.2, 0.25) is 0 Å². The zero-order valence-electron chi connectivity index (χ0n) is 15.3. The highest BCUT2D eigenvalue weighted by atomic mass is 14.5. The van der Waals surface area contributed by atoms with Crippen LogP contribution in [0.4, 0.5) is 5.69 Å². The molecular formula is C12H14N2. The summed E-state index contributed by atoms with van der Waals surface area (Å²) in [6.45, 7) is 0. The Morgan fingerprint density at radius 2 is 1.86 bits per heavy atom. The van der Waals surface area contributed by atoms with E-state index >= 15 is 0 Å². The first kappa shape index (κ1) is 3.58. The van der Waals surface area contributed by atoms with Crippen LogP contribution < -0.4 is 5.73 Å². The molecule has 1 aromatic carbocycles. The third kappa shape index (κ3) is 1.35. The summed E-state index contributed by atoms with van der Waals surface area (Å²) in [7, 11) is 0. The van der Waals surface area contributed by atoms with Crippen molar-refractivity contribution < 1.29 is 11.0 Å². The Labute approximate surface area is 95.6 Å². The molecule has 0 heterocycles. The average Bonchev–Trinajstić information content (AvgIpc) is 2.45. The van der Waals surface area contributed by atoms with Gasteiger partial charge < -0.3 is 5.73 Å². The van der Waals surface area contributed by atoms with Crippen LogP contribution in [-0.2, 0) is 5.41 Å². The first-order valence-corrected chi connectivity index (χ1v) is 4.08. The van der Waals surface area contributed by atoms with Crippen molar-refractivity contribution in [1.82, 2.24) is 0 Å². The molecule has 1 saturated carbocycles. The minimum Gasteiger partial charge on any atom is -0.399 e. The number of rotatable bonds is 1.